The van der Waals surface area contributed by atoms with Crippen molar-refractivity contribution in [2.75, 3.05) is 6.61 Å². The van der Waals surface area contributed by atoms with E-state index in [1.165, 1.54) is 12.1 Å². The highest BCUT2D eigenvalue weighted by molar-refractivity contribution is 5.28. The minimum atomic E-state index is -0.233. The lowest BCUT2D eigenvalue weighted by atomic mass is 9.69. The van der Waals surface area contributed by atoms with Crippen LogP contribution in [-0.2, 0) is 10.2 Å². The molecule has 2 nitrogen and oxygen atoms in total. The van der Waals surface area contributed by atoms with Gasteiger partial charge >= 0.3 is 0 Å². The molecule has 0 aromatic heterocycles. The van der Waals surface area contributed by atoms with Crippen LogP contribution in [0.15, 0.2) is 24.3 Å². The normalized spacial score (nSPS) is 27.2. The van der Waals surface area contributed by atoms with Crippen LogP contribution in [0.2, 0.25) is 0 Å². The number of rotatable bonds is 3. The third kappa shape index (κ3) is 2.96. The van der Waals surface area contributed by atoms with Crippen LogP contribution >= 0.6 is 0 Å². The van der Waals surface area contributed by atoms with Crippen LogP contribution in [0.3, 0.4) is 0 Å². The van der Waals surface area contributed by atoms with Gasteiger partial charge in [0.05, 0.1) is 12.2 Å². The predicted octanol–water partition coefficient (Wildman–Crippen LogP) is 3.81. The van der Waals surface area contributed by atoms with Gasteiger partial charge in [0.25, 0.3) is 0 Å². The van der Waals surface area contributed by atoms with Crippen LogP contribution in [0.25, 0.3) is 0 Å². The molecule has 1 aliphatic rings. The minimum Gasteiger partial charge on any atom is -0.378 e. The van der Waals surface area contributed by atoms with E-state index in [-0.39, 0.29) is 17.3 Å². The number of halogens is 1. The summed E-state index contributed by atoms with van der Waals surface area (Å²) in [7, 11) is 0. The number of hydrogen-bond donors (Lipinski definition) is 0. The summed E-state index contributed by atoms with van der Waals surface area (Å²) in [5.74, 6) is 0.196. The van der Waals surface area contributed by atoms with Gasteiger partial charge in [-0.2, -0.15) is 5.26 Å². The van der Waals surface area contributed by atoms with Gasteiger partial charge in [0.15, 0.2) is 0 Å². The van der Waals surface area contributed by atoms with Gasteiger partial charge < -0.3 is 4.74 Å². The Morgan fingerprint density at radius 1 is 1.42 bits per heavy atom. The summed E-state index contributed by atoms with van der Waals surface area (Å²) in [5, 5.41) is 9.16. The zero-order chi connectivity index (χ0) is 13.9. The fourth-order valence-corrected chi connectivity index (χ4v) is 2.86. The molecule has 0 radical (unpaired) electrons. The Balaban J connectivity index is 2.32. The summed E-state index contributed by atoms with van der Waals surface area (Å²) in [6, 6.07) is 8.89. The highest BCUT2D eigenvalue weighted by Gasteiger charge is 2.39. The molecular weight excluding hydrogens is 241 g/mol. The molecule has 1 saturated heterocycles. The van der Waals surface area contributed by atoms with E-state index in [9.17, 15) is 4.39 Å². The van der Waals surface area contributed by atoms with E-state index >= 15 is 0 Å². The van der Waals surface area contributed by atoms with Crippen LogP contribution in [0.1, 0.15) is 38.7 Å². The van der Waals surface area contributed by atoms with Gasteiger partial charge in [-0.1, -0.05) is 26.0 Å². The minimum absolute atomic E-state index is 0.173. The van der Waals surface area contributed by atoms with E-state index in [1.807, 2.05) is 12.1 Å². The first kappa shape index (κ1) is 14.0. The molecule has 1 aliphatic heterocycles. The van der Waals surface area contributed by atoms with Gasteiger partial charge in [-0.15, -0.1) is 0 Å². The Bertz CT molecular complexity index is 463. The summed E-state index contributed by atoms with van der Waals surface area (Å²) >= 11 is 0. The first-order valence-corrected chi connectivity index (χ1v) is 6.82. The van der Waals surface area contributed by atoms with Crippen LogP contribution in [0.5, 0.6) is 0 Å². The largest absolute Gasteiger partial charge is 0.378 e. The molecule has 0 bridgehead atoms. The quantitative estimate of drug-likeness (QED) is 0.828. The second kappa shape index (κ2) is 5.71. The number of ether oxygens (including phenoxy) is 1. The molecule has 0 saturated carbocycles. The second-order valence-corrected chi connectivity index (χ2v) is 5.73. The number of benzene rings is 1. The maximum Gasteiger partial charge on any atom is 0.123 e. The molecule has 0 spiro atoms. The van der Waals surface area contributed by atoms with Crippen molar-refractivity contribution in [3.8, 4) is 6.07 Å². The van der Waals surface area contributed by atoms with Crippen molar-refractivity contribution in [1.82, 2.24) is 0 Å². The van der Waals surface area contributed by atoms with Crippen LogP contribution in [0, 0.1) is 23.1 Å². The molecule has 19 heavy (non-hydrogen) atoms. The maximum atomic E-state index is 13.1. The third-order valence-corrected chi connectivity index (χ3v) is 4.12. The Hall–Kier alpha value is -1.40. The van der Waals surface area contributed by atoms with Crippen LogP contribution in [0.4, 0.5) is 4.39 Å². The number of hydrogen-bond acceptors (Lipinski definition) is 2. The average Bonchev–Trinajstić information content (AvgIpc) is 2.40. The molecule has 1 aromatic carbocycles. The fraction of sp³-hybridized carbons (Fsp3) is 0.562. The zero-order valence-electron chi connectivity index (χ0n) is 11.5. The first-order valence-electron chi connectivity index (χ1n) is 6.82. The van der Waals surface area contributed by atoms with E-state index in [2.05, 4.69) is 19.9 Å². The highest BCUT2D eigenvalue weighted by Crippen LogP contribution is 2.41. The molecule has 0 amide bonds. The average molecular weight is 261 g/mol. The summed E-state index contributed by atoms with van der Waals surface area (Å²) < 4.78 is 18.9. The van der Waals surface area contributed by atoms with Gasteiger partial charge in [0.2, 0.25) is 0 Å². The van der Waals surface area contributed by atoms with Crippen molar-refractivity contribution in [3.63, 3.8) is 0 Å². The van der Waals surface area contributed by atoms with Crippen molar-refractivity contribution in [2.24, 2.45) is 5.92 Å². The van der Waals surface area contributed by atoms with Gasteiger partial charge in [-0.3, -0.25) is 0 Å². The lowest BCUT2D eigenvalue weighted by molar-refractivity contribution is -0.0441. The lowest BCUT2D eigenvalue weighted by Gasteiger charge is -2.41. The summed E-state index contributed by atoms with van der Waals surface area (Å²) in [6.45, 7) is 4.94. The Kier molecular flexibility index (Phi) is 4.21. The molecule has 2 rings (SSSR count). The van der Waals surface area contributed by atoms with Gasteiger partial charge in [-0.25, -0.2) is 4.39 Å². The molecule has 3 heteroatoms. The Morgan fingerprint density at radius 2 is 2.11 bits per heavy atom. The smallest absolute Gasteiger partial charge is 0.123 e. The van der Waals surface area contributed by atoms with Gasteiger partial charge in [0.1, 0.15) is 5.82 Å². The van der Waals surface area contributed by atoms with Crippen molar-refractivity contribution < 1.29 is 9.13 Å². The van der Waals surface area contributed by atoms with E-state index in [4.69, 9.17) is 10.00 Å². The lowest BCUT2D eigenvalue weighted by Crippen LogP contribution is -2.40. The molecule has 0 N–H and O–H groups in total. The molecule has 1 aromatic rings. The van der Waals surface area contributed by atoms with Crippen molar-refractivity contribution in [2.45, 2.75) is 44.6 Å². The van der Waals surface area contributed by atoms with Crippen molar-refractivity contribution in [1.29, 1.82) is 5.26 Å². The predicted molar refractivity (Wildman–Crippen MR) is 72.1 cm³/mol. The van der Waals surface area contributed by atoms with E-state index < -0.39 is 0 Å². The summed E-state index contributed by atoms with van der Waals surface area (Å²) in [6.07, 6.45) is 2.30. The molecule has 0 aliphatic carbocycles. The molecule has 2 unspecified atom stereocenters. The van der Waals surface area contributed by atoms with Crippen LogP contribution in [-0.4, -0.2) is 12.7 Å². The highest BCUT2D eigenvalue weighted by atomic mass is 19.1. The fourth-order valence-electron chi connectivity index (χ4n) is 2.86. The summed E-state index contributed by atoms with van der Waals surface area (Å²) in [4.78, 5) is 0. The first-order chi connectivity index (χ1) is 9.07. The Morgan fingerprint density at radius 3 is 2.68 bits per heavy atom. The van der Waals surface area contributed by atoms with Crippen molar-refractivity contribution >= 4 is 0 Å². The van der Waals surface area contributed by atoms with Crippen LogP contribution < -0.4 is 0 Å². The van der Waals surface area contributed by atoms with E-state index in [0.29, 0.717) is 18.9 Å². The molecule has 2 atom stereocenters. The molecular formula is C16H20FNO. The SMILES string of the molecule is CC(C)C1CC(CC#N)(c2ccc(F)cc2)CCO1. The van der Waals surface area contributed by atoms with E-state index in [1.54, 1.807) is 0 Å². The van der Waals surface area contributed by atoms with Gasteiger partial charge in [0, 0.05) is 18.4 Å². The topological polar surface area (TPSA) is 33.0 Å². The maximum absolute atomic E-state index is 13.1. The Labute approximate surface area is 114 Å². The molecule has 1 fully saturated rings. The van der Waals surface area contributed by atoms with Gasteiger partial charge in [-0.05, 0) is 36.5 Å². The number of nitrogens with zero attached hydrogens (tertiary/aromatic N) is 1. The third-order valence-electron chi connectivity index (χ3n) is 4.12. The molecule has 102 valence electrons. The van der Waals surface area contributed by atoms with E-state index in [0.717, 1.165) is 18.4 Å². The number of nitriles is 1. The molecule has 1 heterocycles. The second-order valence-electron chi connectivity index (χ2n) is 5.73. The summed E-state index contributed by atoms with van der Waals surface area (Å²) in [5.41, 5.74) is 0.875. The zero-order valence-corrected chi connectivity index (χ0v) is 11.5. The monoisotopic (exact) mass is 261 g/mol. The standard InChI is InChI=1S/C16H20FNO/c1-12(2)15-11-16(7-9-18,8-10-19-15)13-3-5-14(17)6-4-13/h3-6,12,15H,7-8,10-11H2,1-2H3. The van der Waals surface area contributed by atoms with Crippen molar-refractivity contribution in [3.05, 3.63) is 35.6 Å².